The summed E-state index contributed by atoms with van der Waals surface area (Å²) in [7, 11) is 1.84. The van der Waals surface area contributed by atoms with E-state index < -0.39 is 0 Å². The first kappa shape index (κ1) is 9.63. The van der Waals surface area contributed by atoms with Crippen LogP contribution in [-0.4, -0.2) is 17.0 Å². The molecule has 1 aromatic heterocycles. The predicted octanol–water partition coefficient (Wildman–Crippen LogP) is 1.52. The normalized spacial score (nSPS) is 12.3. The van der Waals surface area contributed by atoms with Crippen molar-refractivity contribution < 1.29 is 0 Å². The van der Waals surface area contributed by atoms with Gasteiger partial charge in [-0.2, -0.15) is 0 Å². The summed E-state index contributed by atoms with van der Waals surface area (Å²) >= 11 is 0. The van der Waals surface area contributed by atoms with Crippen molar-refractivity contribution in [3.63, 3.8) is 0 Å². The zero-order valence-corrected chi connectivity index (χ0v) is 8.44. The molecule has 3 nitrogen and oxygen atoms in total. The van der Waals surface area contributed by atoms with Crippen molar-refractivity contribution in [2.75, 3.05) is 7.05 Å². The maximum atomic E-state index is 5.41. The number of hydrogen-bond acceptors (Lipinski definition) is 3. The van der Waals surface area contributed by atoms with Gasteiger partial charge >= 0.3 is 0 Å². The van der Waals surface area contributed by atoms with Crippen LogP contribution >= 0.6 is 0 Å². The Labute approximate surface area is 88.6 Å². The van der Waals surface area contributed by atoms with E-state index in [1.54, 1.807) is 12.4 Å². The molecule has 3 heteroatoms. The Hall–Kier alpha value is -1.92. The molecule has 0 aliphatic rings. The average Bonchev–Trinajstić information content (AvgIpc) is 2.30. The van der Waals surface area contributed by atoms with Crippen molar-refractivity contribution in [1.82, 2.24) is 15.3 Å². The van der Waals surface area contributed by atoms with Crippen LogP contribution < -0.4 is 5.32 Å². The van der Waals surface area contributed by atoms with E-state index >= 15 is 0 Å². The molecule has 0 radical (unpaired) electrons. The molecular weight excluding hydrogens is 186 g/mol. The van der Waals surface area contributed by atoms with Crippen LogP contribution in [0.15, 0.2) is 30.6 Å². The minimum atomic E-state index is -0.0728. The lowest BCUT2D eigenvalue weighted by Crippen LogP contribution is -2.13. The molecule has 0 saturated carbocycles. The summed E-state index contributed by atoms with van der Waals surface area (Å²) in [5.41, 5.74) is 2.78. The lowest BCUT2D eigenvalue weighted by Gasteiger charge is -2.09. The summed E-state index contributed by atoms with van der Waals surface area (Å²) < 4.78 is 0. The predicted molar refractivity (Wildman–Crippen MR) is 60.2 cm³/mol. The maximum absolute atomic E-state index is 5.41. The molecule has 1 atom stereocenters. The molecule has 1 aromatic carbocycles. The number of nitrogens with one attached hydrogen (secondary N) is 1. The van der Waals surface area contributed by atoms with E-state index in [1.165, 1.54) is 0 Å². The molecular formula is C12H11N3. The first-order valence-corrected chi connectivity index (χ1v) is 4.69. The van der Waals surface area contributed by atoms with Gasteiger partial charge in [0.05, 0.1) is 17.1 Å². The summed E-state index contributed by atoms with van der Waals surface area (Å²) in [6.07, 6.45) is 8.77. The Morgan fingerprint density at radius 3 is 2.67 bits per heavy atom. The van der Waals surface area contributed by atoms with Crippen molar-refractivity contribution in [2.24, 2.45) is 0 Å². The monoisotopic (exact) mass is 197 g/mol. The average molecular weight is 197 g/mol. The number of nitrogens with zero attached hydrogens (tertiary/aromatic N) is 2. The van der Waals surface area contributed by atoms with Crippen molar-refractivity contribution in [1.29, 1.82) is 0 Å². The van der Waals surface area contributed by atoms with Crippen molar-refractivity contribution in [2.45, 2.75) is 6.04 Å². The largest absolute Gasteiger partial charge is 0.303 e. The molecule has 0 spiro atoms. The fourth-order valence-corrected chi connectivity index (χ4v) is 1.51. The third-order valence-electron chi connectivity index (χ3n) is 2.28. The van der Waals surface area contributed by atoms with E-state index in [4.69, 9.17) is 6.42 Å². The molecule has 2 rings (SSSR count). The van der Waals surface area contributed by atoms with Gasteiger partial charge in [0.15, 0.2) is 0 Å². The fourth-order valence-electron chi connectivity index (χ4n) is 1.51. The van der Waals surface area contributed by atoms with Crippen LogP contribution in [0.5, 0.6) is 0 Å². The minimum absolute atomic E-state index is 0.0728. The van der Waals surface area contributed by atoms with Gasteiger partial charge in [-0.25, -0.2) is 0 Å². The molecule has 0 saturated heterocycles. The van der Waals surface area contributed by atoms with Crippen LogP contribution in [0, 0.1) is 12.3 Å². The van der Waals surface area contributed by atoms with Crippen molar-refractivity contribution >= 4 is 11.0 Å². The molecule has 15 heavy (non-hydrogen) atoms. The lowest BCUT2D eigenvalue weighted by atomic mass is 10.1. The molecule has 0 aliphatic heterocycles. The molecule has 1 unspecified atom stereocenters. The van der Waals surface area contributed by atoms with E-state index in [0.717, 1.165) is 16.6 Å². The molecule has 0 amide bonds. The molecule has 0 bridgehead atoms. The Morgan fingerprint density at radius 1 is 1.27 bits per heavy atom. The van der Waals surface area contributed by atoms with Crippen LogP contribution in [-0.2, 0) is 0 Å². The summed E-state index contributed by atoms with van der Waals surface area (Å²) in [5.74, 6) is 2.67. The maximum Gasteiger partial charge on any atom is 0.0941 e. The highest BCUT2D eigenvalue weighted by atomic mass is 14.9. The Bertz CT molecular complexity index is 514. The lowest BCUT2D eigenvalue weighted by molar-refractivity contribution is 0.737. The fraction of sp³-hybridized carbons (Fsp3) is 0.167. The second kappa shape index (κ2) is 4.07. The highest BCUT2D eigenvalue weighted by Gasteiger charge is 2.06. The number of hydrogen-bond donors (Lipinski definition) is 1. The van der Waals surface area contributed by atoms with Crippen molar-refractivity contribution in [3.05, 3.63) is 36.2 Å². The highest BCUT2D eigenvalue weighted by molar-refractivity contribution is 5.74. The van der Waals surface area contributed by atoms with Gasteiger partial charge in [-0.1, -0.05) is 12.0 Å². The van der Waals surface area contributed by atoms with Crippen LogP contribution in [0.3, 0.4) is 0 Å². The van der Waals surface area contributed by atoms with Crippen molar-refractivity contribution in [3.8, 4) is 12.3 Å². The third kappa shape index (κ3) is 1.80. The molecule has 1 heterocycles. The SMILES string of the molecule is C#CC(NC)c1ccc2nccnc2c1. The Morgan fingerprint density at radius 2 is 2.00 bits per heavy atom. The summed E-state index contributed by atoms with van der Waals surface area (Å²) in [6.45, 7) is 0. The van der Waals surface area contributed by atoms with Gasteiger partial charge < -0.3 is 5.32 Å². The van der Waals surface area contributed by atoms with Crippen LogP contribution in [0.4, 0.5) is 0 Å². The molecule has 0 aliphatic carbocycles. The van der Waals surface area contributed by atoms with Gasteiger partial charge in [0.1, 0.15) is 0 Å². The van der Waals surface area contributed by atoms with Gasteiger partial charge in [-0.05, 0) is 24.7 Å². The Kier molecular flexibility index (Phi) is 2.61. The number of benzene rings is 1. The molecule has 0 fully saturated rings. The summed E-state index contributed by atoms with van der Waals surface area (Å²) in [5, 5.41) is 3.05. The van der Waals surface area contributed by atoms with Gasteiger partial charge in [-0.15, -0.1) is 6.42 Å². The summed E-state index contributed by atoms with van der Waals surface area (Å²) in [4.78, 5) is 8.43. The van der Waals surface area contributed by atoms with Gasteiger partial charge in [-0.3, -0.25) is 9.97 Å². The first-order chi connectivity index (χ1) is 7.35. The second-order valence-electron chi connectivity index (χ2n) is 3.19. The number of rotatable bonds is 2. The second-order valence-corrected chi connectivity index (χ2v) is 3.19. The van der Waals surface area contributed by atoms with Crippen LogP contribution in [0.1, 0.15) is 11.6 Å². The van der Waals surface area contributed by atoms with E-state index in [9.17, 15) is 0 Å². The number of terminal acetylenes is 1. The van der Waals surface area contributed by atoms with Gasteiger partial charge in [0.2, 0.25) is 0 Å². The van der Waals surface area contributed by atoms with Crippen LogP contribution in [0.25, 0.3) is 11.0 Å². The van der Waals surface area contributed by atoms with Gasteiger partial charge in [0, 0.05) is 12.4 Å². The topological polar surface area (TPSA) is 37.8 Å². The van der Waals surface area contributed by atoms with E-state index in [-0.39, 0.29) is 6.04 Å². The first-order valence-electron chi connectivity index (χ1n) is 4.69. The minimum Gasteiger partial charge on any atom is -0.303 e. The third-order valence-corrected chi connectivity index (χ3v) is 2.28. The molecule has 2 aromatic rings. The number of aromatic nitrogens is 2. The van der Waals surface area contributed by atoms with E-state index in [2.05, 4.69) is 21.2 Å². The Balaban J connectivity index is 2.52. The van der Waals surface area contributed by atoms with Gasteiger partial charge in [0.25, 0.3) is 0 Å². The smallest absolute Gasteiger partial charge is 0.0941 e. The molecule has 1 N–H and O–H groups in total. The quantitative estimate of drug-likeness (QED) is 0.742. The van der Waals surface area contributed by atoms with E-state index in [0.29, 0.717) is 0 Å². The summed E-state index contributed by atoms with van der Waals surface area (Å²) in [6, 6.07) is 5.79. The standard InChI is InChI=1S/C12H11N3/c1-3-10(13-2)9-4-5-11-12(8-9)15-7-6-14-11/h1,4-8,10,13H,2H3. The van der Waals surface area contributed by atoms with Crippen LogP contribution in [0.2, 0.25) is 0 Å². The van der Waals surface area contributed by atoms with E-state index in [1.807, 2.05) is 25.2 Å². The number of fused-ring (bicyclic) bond motifs is 1. The highest BCUT2D eigenvalue weighted by Crippen LogP contribution is 2.16. The zero-order chi connectivity index (χ0) is 10.7. The zero-order valence-electron chi connectivity index (χ0n) is 8.44. The molecule has 74 valence electrons.